The monoisotopic (exact) mass is 473 g/mol. The molecule has 6 nitrogen and oxygen atoms in total. The van der Waals surface area contributed by atoms with Crippen molar-refractivity contribution < 1.29 is 9.53 Å². The van der Waals surface area contributed by atoms with E-state index in [1.54, 1.807) is 27.9 Å². The normalized spacial score (nSPS) is 13.9. The van der Waals surface area contributed by atoms with Crippen LogP contribution in [0.25, 0.3) is 4.96 Å². The Bertz CT molecular complexity index is 1380. The molecule has 1 aliphatic rings. The van der Waals surface area contributed by atoms with E-state index >= 15 is 0 Å². The number of hydrogen-bond acceptors (Lipinski definition) is 5. The molecule has 2 aromatic heterocycles. The molecule has 0 saturated carbocycles. The molecule has 2 heterocycles. The van der Waals surface area contributed by atoms with Gasteiger partial charge >= 0.3 is 0 Å². The Morgan fingerprint density at radius 2 is 1.94 bits per heavy atom. The molecule has 0 bridgehead atoms. The van der Waals surface area contributed by atoms with Crippen molar-refractivity contribution in [2.75, 3.05) is 5.32 Å². The van der Waals surface area contributed by atoms with Crippen molar-refractivity contribution in [2.24, 2.45) is 0 Å². The number of aromatic nitrogens is 2. The molecular formula is C27H27N3O3S. The van der Waals surface area contributed by atoms with E-state index in [0.717, 1.165) is 35.5 Å². The molecule has 1 aliphatic carbocycles. The van der Waals surface area contributed by atoms with Crippen LogP contribution in [0.3, 0.4) is 0 Å². The van der Waals surface area contributed by atoms with Gasteiger partial charge in [-0.3, -0.25) is 14.0 Å². The van der Waals surface area contributed by atoms with Crippen molar-refractivity contribution >= 4 is 27.9 Å². The van der Waals surface area contributed by atoms with Gasteiger partial charge in [-0.2, -0.15) is 0 Å². The lowest BCUT2D eigenvalue weighted by atomic mass is 9.95. The van der Waals surface area contributed by atoms with Crippen molar-refractivity contribution in [3.63, 3.8) is 0 Å². The van der Waals surface area contributed by atoms with Crippen LogP contribution in [0.4, 0.5) is 5.69 Å². The third kappa shape index (κ3) is 4.61. The number of nitrogens with zero attached hydrogens (tertiary/aromatic N) is 2. The topological polar surface area (TPSA) is 72.7 Å². The van der Waals surface area contributed by atoms with Crippen LogP contribution >= 0.6 is 11.3 Å². The van der Waals surface area contributed by atoms with Gasteiger partial charge in [-0.05, 0) is 49.8 Å². The minimum absolute atomic E-state index is 0.0458. The first-order valence-electron chi connectivity index (χ1n) is 11.7. The van der Waals surface area contributed by atoms with Gasteiger partial charge in [0.05, 0.1) is 11.6 Å². The van der Waals surface area contributed by atoms with E-state index in [0.29, 0.717) is 23.6 Å². The van der Waals surface area contributed by atoms with E-state index in [1.165, 1.54) is 11.3 Å². The molecule has 0 fully saturated rings. The average Bonchev–Trinajstić information content (AvgIpc) is 3.23. The number of ether oxygens (including phenoxy) is 1. The number of fused-ring (bicyclic) bond motifs is 3. The number of carbonyl (C=O) groups excluding carboxylic acids is 1. The summed E-state index contributed by atoms with van der Waals surface area (Å²) in [6.07, 6.45) is 4.96. The summed E-state index contributed by atoms with van der Waals surface area (Å²) < 4.78 is 7.69. The Morgan fingerprint density at radius 3 is 2.76 bits per heavy atom. The van der Waals surface area contributed by atoms with Gasteiger partial charge in [-0.1, -0.05) is 43.3 Å². The summed E-state index contributed by atoms with van der Waals surface area (Å²) in [5.74, 6) is 0.344. The second-order valence-corrected chi connectivity index (χ2v) is 9.62. The van der Waals surface area contributed by atoms with E-state index in [2.05, 4.69) is 10.3 Å². The smallest absolute Gasteiger partial charge is 0.259 e. The van der Waals surface area contributed by atoms with E-state index in [4.69, 9.17) is 4.74 Å². The second-order valence-electron chi connectivity index (χ2n) is 8.56. The number of anilines is 1. The molecular weight excluding hydrogens is 446 g/mol. The molecule has 0 spiro atoms. The fourth-order valence-electron chi connectivity index (χ4n) is 4.52. The molecule has 0 saturated heterocycles. The molecule has 1 atom stereocenters. The fourth-order valence-corrected chi connectivity index (χ4v) is 5.76. The van der Waals surface area contributed by atoms with Crippen molar-refractivity contribution in [2.45, 2.75) is 51.6 Å². The average molecular weight is 474 g/mol. The van der Waals surface area contributed by atoms with E-state index in [-0.39, 0.29) is 24.0 Å². The number of rotatable bonds is 7. The Hall–Kier alpha value is -3.45. The summed E-state index contributed by atoms with van der Waals surface area (Å²) in [5.41, 5.74) is 3.36. The molecule has 1 N–H and O–H groups in total. The second kappa shape index (κ2) is 9.81. The van der Waals surface area contributed by atoms with E-state index in [1.807, 2.05) is 55.5 Å². The van der Waals surface area contributed by atoms with Gasteiger partial charge in [0.15, 0.2) is 4.96 Å². The molecule has 7 heteroatoms. The van der Waals surface area contributed by atoms with Crippen LogP contribution < -0.4 is 15.6 Å². The highest BCUT2D eigenvalue weighted by Crippen LogP contribution is 2.28. The lowest BCUT2D eigenvalue weighted by Gasteiger charge is -2.16. The molecule has 5 rings (SSSR count). The SMILES string of the molecule is CC[C@H](C(=O)Nc1cccc(OCc2cc(=O)n3c4c(sc3n2)CCCC4)c1)c1ccccc1. The van der Waals surface area contributed by atoms with Crippen LogP contribution in [0.1, 0.15) is 53.9 Å². The van der Waals surface area contributed by atoms with Gasteiger partial charge in [0.2, 0.25) is 5.91 Å². The number of benzene rings is 2. The van der Waals surface area contributed by atoms with E-state index < -0.39 is 0 Å². The quantitative estimate of drug-likeness (QED) is 0.393. The van der Waals surface area contributed by atoms with E-state index in [9.17, 15) is 9.59 Å². The Kier molecular flexibility index (Phi) is 6.45. The number of carbonyl (C=O) groups is 1. The van der Waals surface area contributed by atoms with Gasteiger partial charge < -0.3 is 10.1 Å². The molecule has 1 amide bonds. The lowest BCUT2D eigenvalue weighted by molar-refractivity contribution is -0.117. The first-order valence-corrected chi connectivity index (χ1v) is 12.6. The van der Waals surface area contributed by atoms with Crippen molar-refractivity contribution in [1.82, 2.24) is 9.38 Å². The van der Waals surface area contributed by atoms with Gasteiger partial charge in [0.1, 0.15) is 12.4 Å². The summed E-state index contributed by atoms with van der Waals surface area (Å²) in [6, 6.07) is 18.7. The molecule has 4 aromatic rings. The van der Waals surface area contributed by atoms with Crippen LogP contribution in [0.5, 0.6) is 5.75 Å². The van der Waals surface area contributed by atoms with Crippen molar-refractivity contribution in [3.8, 4) is 5.75 Å². The maximum atomic E-state index is 12.9. The van der Waals surface area contributed by atoms with Crippen LogP contribution in [0.2, 0.25) is 0 Å². The Labute approximate surface area is 202 Å². The Balaban J connectivity index is 1.28. The molecule has 0 unspecified atom stereocenters. The first-order chi connectivity index (χ1) is 16.6. The zero-order valence-electron chi connectivity index (χ0n) is 19.1. The minimum Gasteiger partial charge on any atom is -0.487 e. The van der Waals surface area contributed by atoms with Crippen LogP contribution in [0.15, 0.2) is 65.5 Å². The van der Waals surface area contributed by atoms with Crippen LogP contribution in [-0.4, -0.2) is 15.3 Å². The van der Waals surface area contributed by atoms with Gasteiger partial charge in [-0.25, -0.2) is 4.98 Å². The number of hydrogen-bond donors (Lipinski definition) is 1. The zero-order valence-corrected chi connectivity index (χ0v) is 19.9. The highest BCUT2D eigenvalue weighted by molar-refractivity contribution is 7.17. The van der Waals surface area contributed by atoms with Crippen LogP contribution in [0, 0.1) is 0 Å². The maximum Gasteiger partial charge on any atom is 0.259 e. The van der Waals surface area contributed by atoms with Crippen molar-refractivity contribution in [1.29, 1.82) is 0 Å². The zero-order chi connectivity index (χ0) is 23.5. The molecule has 0 radical (unpaired) electrons. The van der Waals surface area contributed by atoms with Gasteiger partial charge in [-0.15, -0.1) is 11.3 Å². The standard InChI is InChI=1S/C27H27N3O3S/c1-2-22(18-9-4-3-5-10-18)26(32)28-19-11-8-12-21(15-19)33-17-20-16-25(31)30-23-13-6-7-14-24(23)34-27(30)29-20/h3-5,8-12,15-16,22H,2,6-7,13-14,17H2,1H3,(H,28,32)/t22-/m0/s1. The third-order valence-corrected chi connectivity index (χ3v) is 7.37. The fraction of sp³-hybridized carbons (Fsp3) is 0.296. The summed E-state index contributed by atoms with van der Waals surface area (Å²) in [7, 11) is 0. The predicted octanol–water partition coefficient (Wildman–Crippen LogP) is 5.35. The largest absolute Gasteiger partial charge is 0.487 e. The van der Waals surface area contributed by atoms with Crippen molar-refractivity contribution in [3.05, 3.63) is 92.8 Å². The Morgan fingerprint density at radius 1 is 1.12 bits per heavy atom. The number of amides is 1. The predicted molar refractivity (Wildman–Crippen MR) is 135 cm³/mol. The highest BCUT2D eigenvalue weighted by atomic mass is 32.1. The minimum atomic E-state index is -0.216. The maximum absolute atomic E-state index is 12.9. The summed E-state index contributed by atoms with van der Waals surface area (Å²) >= 11 is 1.61. The summed E-state index contributed by atoms with van der Waals surface area (Å²) in [5, 5.41) is 3.00. The molecule has 174 valence electrons. The number of aryl methyl sites for hydroxylation is 2. The first kappa shape index (κ1) is 22.3. The third-order valence-electron chi connectivity index (χ3n) is 6.23. The number of nitrogens with one attached hydrogen (secondary N) is 1. The number of thiazole rings is 1. The lowest BCUT2D eigenvalue weighted by Crippen LogP contribution is -2.20. The van der Waals surface area contributed by atoms with Gasteiger partial charge in [0.25, 0.3) is 5.56 Å². The molecule has 34 heavy (non-hydrogen) atoms. The molecule has 2 aromatic carbocycles. The summed E-state index contributed by atoms with van der Waals surface area (Å²) in [4.78, 5) is 32.3. The van der Waals surface area contributed by atoms with Gasteiger partial charge in [0, 0.05) is 28.4 Å². The summed E-state index contributed by atoms with van der Waals surface area (Å²) in [6.45, 7) is 2.19. The van der Waals surface area contributed by atoms with Crippen LogP contribution in [-0.2, 0) is 24.2 Å². The molecule has 0 aliphatic heterocycles. The highest BCUT2D eigenvalue weighted by Gasteiger charge is 2.20.